The molecular weight excluding hydrogens is 300 g/mol. The number of hydrogen-bond donors (Lipinski definition) is 2. The molecule has 0 amide bonds. The van der Waals surface area contributed by atoms with E-state index < -0.39 is 0 Å². The van der Waals surface area contributed by atoms with Crippen LogP contribution in [0.15, 0.2) is 12.1 Å². The van der Waals surface area contributed by atoms with E-state index in [9.17, 15) is 10.2 Å². The van der Waals surface area contributed by atoms with E-state index in [4.69, 9.17) is 0 Å². The summed E-state index contributed by atoms with van der Waals surface area (Å²) in [5.41, 5.74) is 1.71. The number of aryl methyl sites for hydroxylation is 1. The molecule has 0 unspecified atom stereocenters. The molecule has 0 radical (unpaired) electrons. The van der Waals surface area contributed by atoms with E-state index in [0.29, 0.717) is 5.56 Å². The Balaban J connectivity index is 3.32. The van der Waals surface area contributed by atoms with E-state index >= 15 is 0 Å². The van der Waals surface area contributed by atoms with E-state index in [0.717, 1.165) is 12.0 Å². The van der Waals surface area contributed by atoms with Gasteiger partial charge in [-0.2, -0.15) is 0 Å². The number of benzene rings is 1. The molecule has 4 heteroatoms. The minimum absolute atomic E-state index is 0.0573. The number of alkyl halides is 2. The van der Waals surface area contributed by atoms with E-state index in [-0.39, 0.29) is 15.2 Å². The third-order valence-corrected chi connectivity index (χ3v) is 2.80. The van der Waals surface area contributed by atoms with E-state index in [1.54, 1.807) is 6.07 Å². The summed E-state index contributed by atoms with van der Waals surface area (Å²) in [7, 11) is 0. The predicted octanol–water partition coefficient (Wildman–Crippen LogP) is 3.45. The molecule has 0 aliphatic rings. The van der Waals surface area contributed by atoms with Gasteiger partial charge in [-0.05, 0) is 18.1 Å². The third kappa shape index (κ3) is 2.17. The number of phenolic OH excluding ortho intramolecular Hbond substituents is 2. The summed E-state index contributed by atoms with van der Waals surface area (Å²) >= 11 is 6.61. The van der Waals surface area contributed by atoms with Crippen LogP contribution in [0.4, 0.5) is 0 Å². The first-order valence-electron chi connectivity index (χ1n) is 3.89. The largest absolute Gasteiger partial charge is 0.504 e. The minimum atomic E-state index is -0.137. The zero-order valence-corrected chi connectivity index (χ0v) is 10.3. The van der Waals surface area contributed by atoms with Gasteiger partial charge in [0.05, 0.1) is 3.74 Å². The summed E-state index contributed by atoms with van der Waals surface area (Å²) in [6.07, 6.45) is 0.816. The topological polar surface area (TPSA) is 40.5 Å². The molecule has 0 spiro atoms. The van der Waals surface area contributed by atoms with Crippen LogP contribution >= 0.6 is 31.9 Å². The lowest BCUT2D eigenvalue weighted by atomic mass is 10.1. The smallest absolute Gasteiger partial charge is 0.162 e. The van der Waals surface area contributed by atoms with E-state index in [1.807, 2.05) is 6.92 Å². The Bertz CT molecular complexity index is 311. The fourth-order valence-electron chi connectivity index (χ4n) is 1.19. The van der Waals surface area contributed by atoms with Crippen LogP contribution in [0.3, 0.4) is 0 Å². The van der Waals surface area contributed by atoms with Crippen molar-refractivity contribution < 1.29 is 10.2 Å². The van der Waals surface area contributed by atoms with Crippen LogP contribution < -0.4 is 0 Å². The number of aromatic hydroxyl groups is 2. The van der Waals surface area contributed by atoms with Crippen LogP contribution in [-0.4, -0.2) is 10.2 Å². The number of rotatable bonds is 2. The fourth-order valence-corrected chi connectivity index (χ4v) is 2.21. The van der Waals surface area contributed by atoms with Crippen molar-refractivity contribution in [3.63, 3.8) is 0 Å². The molecule has 1 aromatic carbocycles. The maximum atomic E-state index is 9.57. The van der Waals surface area contributed by atoms with Crippen LogP contribution in [-0.2, 0) is 6.42 Å². The zero-order valence-electron chi connectivity index (χ0n) is 7.09. The Morgan fingerprint density at radius 2 is 1.92 bits per heavy atom. The van der Waals surface area contributed by atoms with E-state index in [2.05, 4.69) is 31.9 Å². The third-order valence-electron chi connectivity index (χ3n) is 1.89. The molecule has 0 atom stereocenters. The minimum Gasteiger partial charge on any atom is -0.504 e. The van der Waals surface area contributed by atoms with Gasteiger partial charge in [0.25, 0.3) is 0 Å². The number of halogens is 2. The highest BCUT2D eigenvalue weighted by Crippen LogP contribution is 2.42. The lowest BCUT2D eigenvalue weighted by Gasteiger charge is -2.12. The molecule has 0 aromatic heterocycles. The Morgan fingerprint density at radius 3 is 2.38 bits per heavy atom. The van der Waals surface area contributed by atoms with Crippen molar-refractivity contribution in [1.82, 2.24) is 0 Å². The quantitative estimate of drug-likeness (QED) is 0.649. The summed E-state index contributed by atoms with van der Waals surface area (Å²) in [4.78, 5) is 0. The molecule has 2 N–H and O–H groups in total. The maximum absolute atomic E-state index is 9.57. The maximum Gasteiger partial charge on any atom is 0.162 e. The van der Waals surface area contributed by atoms with Crippen molar-refractivity contribution in [2.24, 2.45) is 0 Å². The first-order valence-corrected chi connectivity index (χ1v) is 5.73. The van der Waals surface area contributed by atoms with Gasteiger partial charge >= 0.3 is 0 Å². The van der Waals surface area contributed by atoms with Crippen molar-refractivity contribution in [2.45, 2.75) is 17.1 Å². The van der Waals surface area contributed by atoms with Crippen molar-refractivity contribution in [2.75, 3.05) is 0 Å². The van der Waals surface area contributed by atoms with Gasteiger partial charge in [0, 0.05) is 5.56 Å². The van der Waals surface area contributed by atoms with Crippen LogP contribution in [0.25, 0.3) is 0 Å². The molecular formula is C9H10Br2O2. The van der Waals surface area contributed by atoms with Crippen molar-refractivity contribution in [1.29, 1.82) is 0 Å². The highest BCUT2D eigenvalue weighted by molar-refractivity contribution is 9.24. The average Bonchev–Trinajstić information content (AvgIpc) is 2.08. The molecule has 0 bridgehead atoms. The van der Waals surface area contributed by atoms with Gasteiger partial charge in [0.15, 0.2) is 11.5 Å². The van der Waals surface area contributed by atoms with Crippen LogP contribution in [0.1, 0.15) is 21.8 Å². The van der Waals surface area contributed by atoms with Gasteiger partial charge < -0.3 is 10.2 Å². The van der Waals surface area contributed by atoms with Crippen molar-refractivity contribution in [3.8, 4) is 11.5 Å². The van der Waals surface area contributed by atoms with Gasteiger partial charge in [-0.3, -0.25) is 0 Å². The predicted molar refractivity (Wildman–Crippen MR) is 59.7 cm³/mol. The molecule has 0 saturated carbocycles. The highest BCUT2D eigenvalue weighted by atomic mass is 79.9. The summed E-state index contributed by atoms with van der Waals surface area (Å²) in [6.45, 7) is 2.00. The molecule has 1 aromatic rings. The molecule has 1 rings (SSSR count). The van der Waals surface area contributed by atoms with Crippen LogP contribution in [0.2, 0.25) is 0 Å². The normalized spacial score (nSPS) is 10.8. The second-order valence-electron chi connectivity index (χ2n) is 2.66. The molecule has 0 fully saturated rings. The van der Waals surface area contributed by atoms with Crippen LogP contribution in [0.5, 0.6) is 11.5 Å². The first-order chi connectivity index (χ1) is 6.07. The molecule has 13 heavy (non-hydrogen) atoms. The lowest BCUT2D eigenvalue weighted by molar-refractivity contribution is 0.400. The average molecular weight is 310 g/mol. The molecule has 2 nitrogen and oxygen atoms in total. The Hall–Kier alpha value is -0.220. The summed E-state index contributed by atoms with van der Waals surface area (Å²) in [5.74, 6) is -0.144. The number of phenols is 2. The molecule has 72 valence electrons. The fraction of sp³-hybridized carbons (Fsp3) is 0.333. The zero-order chi connectivity index (χ0) is 10.0. The second kappa shape index (κ2) is 4.33. The van der Waals surface area contributed by atoms with E-state index in [1.165, 1.54) is 6.07 Å². The highest BCUT2D eigenvalue weighted by Gasteiger charge is 2.15. The monoisotopic (exact) mass is 308 g/mol. The molecule has 0 saturated heterocycles. The summed E-state index contributed by atoms with van der Waals surface area (Å²) < 4.78 is -0.137. The van der Waals surface area contributed by atoms with Gasteiger partial charge in [0.2, 0.25) is 0 Å². The number of hydrogen-bond acceptors (Lipinski definition) is 2. The van der Waals surface area contributed by atoms with Gasteiger partial charge in [-0.1, -0.05) is 44.8 Å². The summed E-state index contributed by atoms with van der Waals surface area (Å²) in [5, 5.41) is 18.8. The van der Waals surface area contributed by atoms with Gasteiger partial charge in [-0.25, -0.2) is 0 Å². The summed E-state index contributed by atoms with van der Waals surface area (Å²) in [6, 6.07) is 3.31. The standard InChI is InChI=1S/C9H10Br2O2/c1-2-5-3-4-6(12)8(13)7(5)9(10)11/h3-4,9,12-13H,2H2,1H3. The van der Waals surface area contributed by atoms with Gasteiger partial charge in [-0.15, -0.1) is 0 Å². The Kier molecular flexibility index (Phi) is 3.62. The van der Waals surface area contributed by atoms with Gasteiger partial charge in [0.1, 0.15) is 0 Å². The molecule has 0 aliphatic carbocycles. The molecule has 0 aliphatic heterocycles. The second-order valence-corrected chi connectivity index (χ2v) is 5.72. The Labute approximate surface area is 93.8 Å². The van der Waals surface area contributed by atoms with Crippen molar-refractivity contribution in [3.05, 3.63) is 23.3 Å². The lowest BCUT2D eigenvalue weighted by Crippen LogP contribution is -1.91. The van der Waals surface area contributed by atoms with Crippen molar-refractivity contribution >= 4 is 31.9 Å². The first kappa shape index (κ1) is 10.9. The SMILES string of the molecule is CCc1ccc(O)c(O)c1C(Br)Br. The van der Waals surface area contributed by atoms with Crippen LogP contribution in [0, 0.1) is 0 Å². The molecule has 0 heterocycles. The Morgan fingerprint density at radius 1 is 1.31 bits per heavy atom.